The van der Waals surface area contributed by atoms with E-state index >= 15 is 0 Å². The van der Waals surface area contributed by atoms with Gasteiger partial charge in [-0.05, 0) is 38.0 Å². The Hall–Kier alpha value is -1.94. The van der Waals surface area contributed by atoms with E-state index in [0.29, 0.717) is 6.54 Å². The van der Waals surface area contributed by atoms with Gasteiger partial charge in [0.25, 0.3) is 0 Å². The van der Waals surface area contributed by atoms with Gasteiger partial charge in [-0.1, -0.05) is 24.3 Å². The monoisotopic (exact) mass is 524 g/mol. The molecule has 1 aromatic carbocycles. The van der Waals surface area contributed by atoms with Crippen LogP contribution in [0.5, 0.6) is 0 Å². The fourth-order valence-electron chi connectivity index (χ4n) is 2.85. The molecule has 0 atom stereocenters. The molecule has 0 fully saturated rings. The summed E-state index contributed by atoms with van der Waals surface area (Å²) in [6, 6.07) is 10.4. The molecular formula is C21H29IN6S. The van der Waals surface area contributed by atoms with E-state index in [2.05, 4.69) is 65.8 Å². The van der Waals surface area contributed by atoms with E-state index in [1.807, 2.05) is 16.9 Å². The zero-order valence-electron chi connectivity index (χ0n) is 17.2. The van der Waals surface area contributed by atoms with Gasteiger partial charge in [-0.3, -0.25) is 4.68 Å². The van der Waals surface area contributed by atoms with Crippen LogP contribution in [0.2, 0.25) is 0 Å². The summed E-state index contributed by atoms with van der Waals surface area (Å²) in [5.41, 5.74) is 3.55. The van der Waals surface area contributed by atoms with Gasteiger partial charge in [0, 0.05) is 36.8 Å². The summed E-state index contributed by atoms with van der Waals surface area (Å²) in [7, 11) is 0. The van der Waals surface area contributed by atoms with Gasteiger partial charge in [0.15, 0.2) is 5.96 Å². The average Bonchev–Trinajstić information content (AvgIpc) is 3.30. The second-order valence-electron chi connectivity index (χ2n) is 6.64. The summed E-state index contributed by atoms with van der Waals surface area (Å²) in [5.74, 6) is 0.838. The number of aliphatic imine (C=N–C) groups is 1. The van der Waals surface area contributed by atoms with Crippen molar-refractivity contribution in [3.63, 3.8) is 0 Å². The molecule has 0 saturated heterocycles. The summed E-state index contributed by atoms with van der Waals surface area (Å²) in [5, 5.41) is 12.2. The van der Waals surface area contributed by atoms with Crippen LogP contribution in [-0.4, -0.2) is 33.8 Å². The van der Waals surface area contributed by atoms with Crippen LogP contribution in [0, 0.1) is 13.8 Å². The van der Waals surface area contributed by atoms with E-state index in [4.69, 9.17) is 4.99 Å². The van der Waals surface area contributed by atoms with Crippen LogP contribution in [0.25, 0.3) is 0 Å². The molecular weight excluding hydrogens is 495 g/mol. The highest BCUT2D eigenvalue weighted by Gasteiger charge is 2.04. The Morgan fingerprint density at radius 2 is 2.00 bits per heavy atom. The first kappa shape index (κ1) is 23.3. The number of aryl methyl sites for hydroxylation is 2. The minimum absolute atomic E-state index is 0. The molecule has 29 heavy (non-hydrogen) atoms. The van der Waals surface area contributed by atoms with E-state index in [9.17, 15) is 0 Å². The van der Waals surface area contributed by atoms with Crippen molar-refractivity contribution in [2.75, 3.05) is 13.1 Å². The molecule has 8 heteroatoms. The van der Waals surface area contributed by atoms with Crippen LogP contribution >= 0.6 is 35.3 Å². The predicted molar refractivity (Wildman–Crippen MR) is 131 cm³/mol. The van der Waals surface area contributed by atoms with E-state index in [1.165, 1.54) is 21.0 Å². The van der Waals surface area contributed by atoms with Gasteiger partial charge in [-0.25, -0.2) is 9.98 Å². The number of guanidine groups is 1. The number of rotatable bonds is 8. The van der Waals surface area contributed by atoms with Crippen LogP contribution < -0.4 is 10.6 Å². The molecule has 0 saturated carbocycles. The predicted octanol–water partition coefficient (Wildman–Crippen LogP) is 3.92. The first-order valence-electron chi connectivity index (χ1n) is 9.64. The lowest BCUT2D eigenvalue weighted by Crippen LogP contribution is -2.38. The molecule has 2 aromatic heterocycles. The van der Waals surface area contributed by atoms with Crippen molar-refractivity contribution in [2.24, 2.45) is 4.99 Å². The second-order valence-corrected chi connectivity index (χ2v) is 7.93. The molecule has 0 radical (unpaired) electrons. The number of hydrogen-bond acceptors (Lipinski definition) is 4. The summed E-state index contributed by atoms with van der Waals surface area (Å²) < 4.78 is 1.93. The number of nitrogens with zero attached hydrogens (tertiary/aromatic N) is 4. The van der Waals surface area contributed by atoms with E-state index in [1.54, 1.807) is 17.5 Å². The summed E-state index contributed by atoms with van der Waals surface area (Å²) in [6.07, 6.45) is 4.68. The van der Waals surface area contributed by atoms with Crippen LogP contribution in [0.1, 0.15) is 33.6 Å². The third-order valence-corrected chi connectivity index (χ3v) is 5.50. The third kappa shape index (κ3) is 7.43. The molecule has 0 aliphatic heterocycles. The maximum Gasteiger partial charge on any atom is 0.191 e. The van der Waals surface area contributed by atoms with Gasteiger partial charge in [0.2, 0.25) is 0 Å². The Balaban J connectivity index is 0.00000300. The first-order chi connectivity index (χ1) is 13.6. The van der Waals surface area contributed by atoms with E-state index in [0.717, 1.165) is 37.7 Å². The highest BCUT2D eigenvalue weighted by molar-refractivity contribution is 14.0. The van der Waals surface area contributed by atoms with Crippen LogP contribution in [-0.2, 0) is 19.5 Å². The molecule has 0 amide bonds. The quantitative estimate of drug-likeness (QED) is 0.266. The number of hydrogen-bond donors (Lipinski definition) is 2. The Kier molecular flexibility index (Phi) is 9.59. The summed E-state index contributed by atoms with van der Waals surface area (Å²) in [6.45, 7) is 9.33. The van der Waals surface area contributed by atoms with Gasteiger partial charge >= 0.3 is 0 Å². The number of benzene rings is 1. The van der Waals surface area contributed by atoms with Crippen molar-refractivity contribution < 1.29 is 0 Å². The van der Waals surface area contributed by atoms with Crippen molar-refractivity contribution in [1.29, 1.82) is 0 Å². The molecule has 2 N–H and O–H groups in total. The Morgan fingerprint density at radius 1 is 1.17 bits per heavy atom. The largest absolute Gasteiger partial charge is 0.357 e. The number of thiazole rings is 1. The van der Waals surface area contributed by atoms with Crippen LogP contribution in [0.3, 0.4) is 0 Å². The number of halogens is 1. The second kappa shape index (κ2) is 11.9. The minimum atomic E-state index is 0. The molecule has 0 aliphatic carbocycles. The molecule has 2 heterocycles. The van der Waals surface area contributed by atoms with Crippen molar-refractivity contribution in [2.45, 2.75) is 40.3 Å². The Labute approximate surface area is 193 Å². The molecule has 6 nitrogen and oxygen atoms in total. The third-order valence-electron chi connectivity index (χ3n) is 4.36. The van der Waals surface area contributed by atoms with Crippen LogP contribution in [0.15, 0.2) is 47.7 Å². The lowest BCUT2D eigenvalue weighted by atomic mass is 10.1. The van der Waals surface area contributed by atoms with Gasteiger partial charge in [0.1, 0.15) is 0 Å². The zero-order chi connectivity index (χ0) is 19.8. The molecule has 156 valence electrons. The maximum atomic E-state index is 4.73. The van der Waals surface area contributed by atoms with Crippen molar-refractivity contribution in [3.8, 4) is 0 Å². The lowest BCUT2D eigenvalue weighted by Gasteiger charge is -2.11. The summed E-state index contributed by atoms with van der Waals surface area (Å²) >= 11 is 1.77. The highest BCUT2D eigenvalue weighted by Crippen LogP contribution is 2.16. The molecule has 0 spiro atoms. The topological polar surface area (TPSA) is 67.1 Å². The fourth-order valence-corrected chi connectivity index (χ4v) is 3.79. The van der Waals surface area contributed by atoms with Crippen molar-refractivity contribution >= 4 is 41.3 Å². The first-order valence-corrected chi connectivity index (χ1v) is 10.5. The van der Waals surface area contributed by atoms with Crippen molar-refractivity contribution in [1.82, 2.24) is 25.4 Å². The minimum Gasteiger partial charge on any atom is -0.357 e. The van der Waals surface area contributed by atoms with Crippen molar-refractivity contribution in [3.05, 3.63) is 69.4 Å². The van der Waals surface area contributed by atoms with Gasteiger partial charge in [-0.15, -0.1) is 35.3 Å². The van der Waals surface area contributed by atoms with Crippen LogP contribution in [0.4, 0.5) is 0 Å². The van der Waals surface area contributed by atoms with E-state index < -0.39 is 0 Å². The standard InChI is InChI=1S/C21H28N6S.HI/c1-4-22-21(23-11-9-20-26-16(2)17(3)28-20)24-14-18-7-5-8-19(13-18)15-27-12-6-10-25-27;/h5-8,10,12-13H,4,9,11,14-15H2,1-3H3,(H2,22,23,24);1H. The van der Waals surface area contributed by atoms with Gasteiger partial charge < -0.3 is 10.6 Å². The lowest BCUT2D eigenvalue weighted by molar-refractivity contribution is 0.686. The smallest absolute Gasteiger partial charge is 0.191 e. The SMILES string of the molecule is CCNC(=NCc1cccc(Cn2cccn2)c1)NCCc1nc(C)c(C)s1.I. The summed E-state index contributed by atoms with van der Waals surface area (Å²) in [4.78, 5) is 10.6. The number of aromatic nitrogens is 3. The molecule has 0 unspecified atom stereocenters. The Morgan fingerprint density at radius 3 is 2.69 bits per heavy atom. The van der Waals surface area contributed by atoms with E-state index in [-0.39, 0.29) is 24.0 Å². The number of nitrogens with one attached hydrogen (secondary N) is 2. The Bertz CT molecular complexity index is 884. The zero-order valence-corrected chi connectivity index (χ0v) is 20.3. The molecule has 3 rings (SSSR count). The highest BCUT2D eigenvalue weighted by atomic mass is 127. The van der Waals surface area contributed by atoms with Gasteiger partial charge in [-0.2, -0.15) is 5.10 Å². The molecule has 3 aromatic rings. The molecule has 0 aliphatic rings. The average molecular weight is 524 g/mol. The maximum absolute atomic E-state index is 4.73. The fraction of sp³-hybridized carbons (Fsp3) is 0.381. The molecule has 0 bridgehead atoms. The normalized spacial score (nSPS) is 11.2. The van der Waals surface area contributed by atoms with Gasteiger partial charge in [0.05, 0.1) is 23.8 Å².